The van der Waals surface area contributed by atoms with Gasteiger partial charge in [-0.05, 0) is 25.5 Å². The standard InChI is InChI=1S/C12H13ClF3NO/c1-7(13)5-6-17(2)12(18)8-3-4-9(14)11(16)10(8)15/h3-4,7H,5-6H2,1-2H3. The predicted octanol–water partition coefficient (Wildman–Crippen LogP) is 3.19. The Kier molecular flexibility index (Phi) is 5.02. The van der Waals surface area contributed by atoms with Crippen LogP contribution in [0.2, 0.25) is 0 Å². The molecule has 6 heteroatoms. The van der Waals surface area contributed by atoms with Crippen LogP contribution in [0.4, 0.5) is 13.2 Å². The molecule has 0 aromatic heterocycles. The van der Waals surface area contributed by atoms with E-state index in [1.54, 1.807) is 6.92 Å². The number of halogens is 4. The first-order valence-electron chi connectivity index (χ1n) is 5.37. The molecule has 0 aliphatic rings. The third-order valence-electron chi connectivity index (χ3n) is 2.47. The van der Waals surface area contributed by atoms with Gasteiger partial charge in [0.15, 0.2) is 17.5 Å². The number of rotatable bonds is 4. The molecule has 0 radical (unpaired) electrons. The number of amides is 1. The number of alkyl halides is 1. The smallest absolute Gasteiger partial charge is 0.256 e. The topological polar surface area (TPSA) is 20.3 Å². The van der Waals surface area contributed by atoms with Gasteiger partial charge < -0.3 is 4.90 Å². The highest BCUT2D eigenvalue weighted by atomic mass is 35.5. The molecule has 0 bridgehead atoms. The quantitative estimate of drug-likeness (QED) is 0.612. The van der Waals surface area contributed by atoms with Gasteiger partial charge >= 0.3 is 0 Å². The molecular weight excluding hydrogens is 267 g/mol. The molecule has 1 aromatic carbocycles. The van der Waals surface area contributed by atoms with Crippen LogP contribution in [0.1, 0.15) is 23.7 Å². The van der Waals surface area contributed by atoms with Gasteiger partial charge in [-0.2, -0.15) is 0 Å². The Morgan fingerprint density at radius 3 is 2.50 bits per heavy atom. The third-order valence-corrected chi connectivity index (χ3v) is 2.69. The van der Waals surface area contributed by atoms with Crippen LogP contribution in [-0.4, -0.2) is 29.8 Å². The summed E-state index contributed by atoms with van der Waals surface area (Å²) in [6.45, 7) is 2.07. The molecule has 0 aliphatic heterocycles. The van der Waals surface area contributed by atoms with Gasteiger partial charge in [-0.3, -0.25) is 4.79 Å². The van der Waals surface area contributed by atoms with E-state index in [0.717, 1.165) is 12.1 Å². The fourth-order valence-electron chi connectivity index (χ4n) is 1.37. The van der Waals surface area contributed by atoms with Crippen molar-refractivity contribution in [3.05, 3.63) is 35.1 Å². The number of carbonyl (C=O) groups excluding carboxylic acids is 1. The summed E-state index contributed by atoms with van der Waals surface area (Å²) in [5.41, 5.74) is -0.487. The minimum absolute atomic E-state index is 0.130. The molecule has 1 atom stereocenters. The van der Waals surface area contributed by atoms with Gasteiger partial charge in [0.25, 0.3) is 5.91 Å². The van der Waals surface area contributed by atoms with Crippen molar-refractivity contribution >= 4 is 17.5 Å². The highest BCUT2D eigenvalue weighted by molar-refractivity contribution is 6.20. The van der Waals surface area contributed by atoms with Gasteiger partial charge in [-0.25, -0.2) is 13.2 Å². The lowest BCUT2D eigenvalue weighted by Gasteiger charge is -2.18. The SMILES string of the molecule is CC(Cl)CCN(C)C(=O)c1ccc(F)c(F)c1F. The van der Waals surface area contributed by atoms with E-state index in [-0.39, 0.29) is 5.38 Å². The van der Waals surface area contributed by atoms with Crippen molar-refractivity contribution < 1.29 is 18.0 Å². The highest BCUT2D eigenvalue weighted by Crippen LogP contribution is 2.17. The van der Waals surface area contributed by atoms with Crippen molar-refractivity contribution in [3.63, 3.8) is 0 Å². The van der Waals surface area contributed by atoms with Gasteiger partial charge in [0.1, 0.15) is 0 Å². The molecule has 18 heavy (non-hydrogen) atoms. The second-order valence-corrected chi connectivity index (χ2v) is 4.76. The Morgan fingerprint density at radius 1 is 1.33 bits per heavy atom. The zero-order valence-corrected chi connectivity index (χ0v) is 10.8. The van der Waals surface area contributed by atoms with Gasteiger partial charge in [-0.1, -0.05) is 0 Å². The Labute approximate surface area is 108 Å². The Bertz CT molecular complexity index is 451. The van der Waals surface area contributed by atoms with E-state index in [9.17, 15) is 18.0 Å². The summed E-state index contributed by atoms with van der Waals surface area (Å²) in [7, 11) is 1.45. The third kappa shape index (κ3) is 3.38. The number of benzene rings is 1. The maximum atomic E-state index is 13.4. The number of carbonyl (C=O) groups is 1. The summed E-state index contributed by atoms with van der Waals surface area (Å²) in [5.74, 6) is -5.13. The first kappa shape index (κ1) is 14.8. The second kappa shape index (κ2) is 6.09. The molecular formula is C12H13ClF3NO. The molecule has 100 valence electrons. The maximum absolute atomic E-state index is 13.4. The van der Waals surface area contributed by atoms with Crippen molar-refractivity contribution in [1.29, 1.82) is 0 Å². The van der Waals surface area contributed by atoms with Gasteiger partial charge in [-0.15, -0.1) is 11.6 Å². The van der Waals surface area contributed by atoms with E-state index in [1.807, 2.05) is 0 Å². The lowest BCUT2D eigenvalue weighted by molar-refractivity contribution is 0.0787. The molecule has 1 amide bonds. The minimum Gasteiger partial charge on any atom is -0.342 e. The van der Waals surface area contributed by atoms with E-state index in [0.29, 0.717) is 13.0 Å². The molecule has 0 heterocycles. The Hall–Kier alpha value is -1.23. The molecule has 1 aromatic rings. The maximum Gasteiger partial charge on any atom is 0.256 e. The molecule has 0 fully saturated rings. The fraction of sp³-hybridized carbons (Fsp3) is 0.417. The lowest BCUT2D eigenvalue weighted by atomic mass is 10.1. The van der Waals surface area contributed by atoms with E-state index >= 15 is 0 Å². The molecule has 1 unspecified atom stereocenters. The Balaban J connectivity index is 2.87. The van der Waals surface area contributed by atoms with E-state index in [1.165, 1.54) is 11.9 Å². The number of hydrogen-bond donors (Lipinski definition) is 0. The van der Waals surface area contributed by atoms with Crippen molar-refractivity contribution in [2.45, 2.75) is 18.7 Å². The first-order valence-corrected chi connectivity index (χ1v) is 5.81. The molecule has 1 rings (SSSR count). The van der Waals surface area contributed by atoms with Crippen LogP contribution in [0.15, 0.2) is 12.1 Å². The van der Waals surface area contributed by atoms with Crippen LogP contribution < -0.4 is 0 Å². The summed E-state index contributed by atoms with van der Waals surface area (Å²) in [4.78, 5) is 13.0. The average Bonchev–Trinajstić information content (AvgIpc) is 2.32. The summed E-state index contributed by atoms with van der Waals surface area (Å²) < 4.78 is 39.1. The summed E-state index contributed by atoms with van der Waals surface area (Å²) in [5, 5.41) is -0.130. The van der Waals surface area contributed by atoms with Crippen LogP contribution in [0.5, 0.6) is 0 Å². The second-order valence-electron chi connectivity index (χ2n) is 4.02. The highest BCUT2D eigenvalue weighted by Gasteiger charge is 2.21. The largest absolute Gasteiger partial charge is 0.342 e. The van der Waals surface area contributed by atoms with E-state index < -0.39 is 28.9 Å². The van der Waals surface area contributed by atoms with Crippen LogP contribution in [-0.2, 0) is 0 Å². The normalized spacial score (nSPS) is 12.3. The van der Waals surface area contributed by atoms with Crippen LogP contribution >= 0.6 is 11.6 Å². The first-order chi connectivity index (χ1) is 8.34. The van der Waals surface area contributed by atoms with Gasteiger partial charge in [0.05, 0.1) is 5.56 Å². The van der Waals surface area contributed by atoms with Crippen molar-refractivity contribution in [3.8, 4) is 0 Å². The average molecular weight is 280 g/mol. The molecule has 0 saturated carbocycles. The summed E-state index contributed by atoms with van der Waals surface area (Å²) >= 11 is 5.73. The Morgan fingerprint density at radius 2 is 1.94 bits per heavy atom. The zero-order chi connectivity index (χ0) is 13.9. The molecule has 0 saturated heterocycles. The van der Waals surface area contributed by atoms with Crippen molar-refractivity contribution in [2.75, 3.05) is 13.6 Å². The zero-order valence-electron chi connectivity index (χ0n) is 10.0. The van der Waals surface area contributed by atoms with E-state index in [2.05, 4.69) is 0 Å². The van der Waals surface area contributed by atoms with Crippen LogP contribution in [0, 0.1) is 17.5 Å². The van der Waals surface area contributed by atoms with Crippen LogP contribution in [0.3, 0.4) is 0 Å². The molecule has 0 N–H and O–H groups in total. The fourth-order valence-corrected chi connectivity index (χ4v) is 1.47. The predicted molar refractivity (Wildman–Crippen MR) is 63.2 cm³/mol. The summed E-state index contributed by atoms with van der Waals surface area (Å²) in [6, 6.07) is 1.65. The molecule has 0 spiro atoms. The van der Waals surface area contributed by atoms with Crippen LogP contribution in [0.25, 0.3) is 0 Å². The van der Waals surface area contributed by atoms with Gasteiger partial charge in [0.2, 0.25) is 0 Å². The van der Waals surface area contributed by atoms with E-state index in [4.69, 9.17) is 11.6 Å². The number of hydrogen-bond acceptors (Lipinski definition) is 1. The molecule has 2 nitrogen and oxygen atoms in total. The summed E-state index contributed by atoms with van der Waals surface area (Å²) in [6.07, 6.45) is 0.523. The van der Waals surface area contributed by atoms with Crippen molar-refractivity contribution in [2.24, 2.45) is 0 Å². The lowest BCUT2D eigenvalue weighted by Crippen LogP contribution is -2.29. The van der Waals surface area contributed by atoms with Gasteiger partial charge in [0, 0.05) is 19.0 Å². The number of nitrogens with zero attached hydrogens (tertiary/aromatic N) is 1. The monoisotopic (exact) mass is 279 g/mol. The van der Waals surface area contributed by atoms with Crippen molar-refractivity contribution in [1.82, 2.24) is 4.90 Å². The molecule has 0 aliphatic carbocycles. The minimum atomic E-state index is -1.64.